The van der Waals surface area contributed by atoms with Crippen LogP contribution in [0.25, 0.3) is 6.08 Å². The lowest BCUT2D eigenvalue weighted by Crippen LogP contribution is -1.94. The van der Waals surface area contributed by atoms with Crippen molar-refractivity contribution in [2.45, 2.75) is 13.8 Å². The average Bonchev–Trinajstić information content (AvgIpc) is 2.11. The fourth-order valence-electron chi connectivity index (χ4n) is 1.13. The highest BCUT2D eigenvalue weighted by atomic mass is 35.5. The molecule has 0 amide bonds. The van der Waals surface area contributed by atoms with Crippen molar-refractivity contribution in [3.05, 3.63) is 34.9 Å². The molecule has 0 spiro atoms. The van der Waals surface area contributed by atoms with Crippen molar-refractivity contribution < 1.29 is 4.74 Å². The first-order chi connectivity index (χ1) is 6.19. The molecule has 0 N–H and O–H groups in total. The van der Waals surface area contributed by atoms with E-state index >= 15 is 0 Å². The summed E-state index contributed by atoms with van der Waals surface area (Å²) in [5.74, 6) is 0.799. The average molecular weight is 197 g/mol. The van der Waals surface area contributed by atoms with Crippen molar-refractivity contribution in [1.29, 1.82) is 0 Å². The van der Waals surface area contributed by atoms with Crippen LogP contribution in [0.2, 0.25) is 5.02 Å². The molecule has 0 aromatic heterocycles. The third kappa shape index (κ3) is 2.25. The van der Waals surface area contributed by atoms with Gasteiger partial charge in [0, 0.05) is 10.6 Å². The van der Waals surface area contributed by atoms with Gasteiger partial charge in [-0.25, -0.2) is 0 Å². The van der Waals surface area contributed by atoms with Gasteiger partial charge in [-0.3, -0.25) is 0 Å². The summed E-state index contributed by atoms with van der Waals surface area (Å²) in [6.07, 6.45) is 1.77. The zero-order valence-corrected chi connectivity index (χ0v) is 8.69. The van der Waals surface area contributed by atoms with Crippen molar-refractivity contribution in [2.75, 3.05) is 6.61 Å². The number of aryl methyl sites for hydroxylation is 1. The van der Waals surface area contributed by atoms with Crippen LogP contribution in [0.3, 0.4) is 0 Å². The van der Waals surface area contributed by atoms with E-state index < -0.39 is 0 Å². The van der Waals surface area contributed by atoms with Crippen molar-refractivity contribution in [3.63, 3.8) is 0 Å². The maximum Gasteiger partial charge on any atom is 0.127 e. The van der Waals surface area contributed by atoms with Gasteiger partial charge in [0.2, 0.25) is 0 Å². The van der Waals surface area contributed by atoms with E-state index in [1.54, 1.807) is 6.08 Å². The number of halogens is 1. The Morgan fingerprint density at radius 2 is 2.23 bits per heavy atom. The molecule has 0 bridgehead atoms. The Morgan fingerprint density at radius 3 is 2.77 bits per heavy atom. The first-order valence-electron chi connectivity index (χ1n) is 4.24. The third-order valence-corrected chi connectivity index (χ3v) is 2.22. The molecule has 1 aromatic rings. The number of rotatable bonds is 3. The van der Waals surface area contributed by atoms with E-state index in [4.69, 9.17) is 16.3 Å². The first-order valence-corrected chi connectivity index (χ1v) is 4.62. The highest BCUT2D eigenvalue weighted by molar-refractivity contribution is 6.31. The number of ether oxygens (including phenoxy) is 1. The molecule has 1 rings (SSSR count). The molecule has 1 nitrogen and oxygen atoms in total. The van der Waals surface area contributed by atoms with Gasteiger partial charge < -0.3 is 4.74 Å². The molecule has 0 saturated carbocycles. The second-order valence-corrected chi connectivity index (χ2v) is 3.18. The molecule has 0 heterocycles. The Hall–Kier alpha value is -0.950. The van der Waals surface area contributed by atoms with Gasteiger partial charge in [0.05, 0.1) is 6.61 Å². The summed E-state index contributed by atoms with van der Waals surface area (Å²) in [5.41, 5.74) is 2.03. The van der Waals surface area contributed by atoms with Gasteiger partial charge in [-0.2, -0.15) is 0 Å². The van der Waals surface area contributed by atoms with E-state index in [-0.39, 0.29) is 0 Å². The van der Waals surface area contributed by atoms with E-state index in [2.05, 4.69) is 6.58 Å². The Kier molecular flexibility index (Phi) is 3.38. The van der Waals surface area contributed by atoms with Crippen molar-refractivity contribution in [1.82, 2.24) is 0 Å². The van der Waals surface area contributed by atoms with Crippen LogP contribution in [0.4, 0.5) is 0 Å². The lowest BCUT2D eigenvalue weighted by atomic mass is 10.1. The Balaban J connectivity index is 3.16. The standard InChI is InChI=1S/C11H13ClO/c1-4-9-6-8(3)10(12)7-11(9)13-5-2/h4,6-7H,1,5H2,2-3H3. The summed E-state index contributed by atoms with van der Waals surface area (Å²) >= 11 is 5.96. The summed E-state index contributed by atoms with van der Waals surface area (Å²) in [6, 6.07) is 3.80. The molecule has 0 atom stereocenters. The van der Waals surface area contributed by atoms with Gasteiger partial charge >= 0.3 is 0 Å². The van der Waals surface area contributed by atoms with Gasteiger partial charge in [0.15, 0.2) is 0 Å². The van der Waals surface area contributed by atoms with E-state index in [1.807, 2.05) is 26.0 Å². The van der Waals surface area contributed by atoms with Gasteiger partial charge in [0.25, 0.3) is 0 Å². The highest BCUT2D eigenvalue weighted by Crippen LogP contribution is 2.27. The van der Waals surface area contributed by atoms with Crippen LogP contribution in [0.15, 0.2) is 18.7 Å². The minimum absolute atomic E-state index is 0.639. The largest absolute Gasteiger partial charge is 0.493 e. The van der Waals surface area contributed by atoms with Crippen molar-refractivity contribution >= 4 is 17.7 Å². The summed E-state index contributed by atoms with van der Waals surface area (Å²) < 4.78 is 5.41. The number of benzene rings is 1. The summed E-state index contributed by atoms with van der Waals surface area (Å²) in [7, 11) is 0. The molecule has 0 aliphatic rings. The molecule has 1 aromatic carbocycles. The molecule has 0 aliphatic carbocycles. The molecule has 0 unspecified atom stereocenters. The Labute approximate surface area is 84.0 Å². The zero-order valence-electron chi connectivity index (χ0n) is 7.93. The van der Waals surface area contributed by atoms with Crippen LogP contribution in [0, 0.1) is 6.92 Å². The fourth-order valence-corrected chi connectivity index (χ4v) is 1.28. The molecule has 0 fully saturated rings. The van der Waals surface area contributed by atoms with E-state index in [9.17, 15) is 0 Å². The van der Waals surface area contributed by atoms with Crippen LogP contribution in [-0.2, 0) is 0 Å². The molecular weight excluding hydrogens is 184 g/mol. The zero-order chi connectivity index (χ0) is 9.84. The van der Waals surface area contributed by atoms with Gasteiger partial charge in [0.1, 0.15) is 5.75 Å². The minimum Gasteiger partial charge on any atom is -0.493 e. The highest BCUT2D eigenvalue weighted by Gasteiger charge is 2.03. The van der Waals surface area contributed by atoms with Crippen LogP contribution in [-0.4, -0.2) is 6.61 Å². The minimum atomic E-state index is 0.639. The first kappa shape index (κ1) is 10.1. The molecule has 70 valence electrons. The quantitative estimate of drug-likeness (QED) is 0.717. The van der Waals surface area contributed by atoms with E-state index in [0.717, 1.165) is 21.9 Å². The summed E-state index contributed by atoms with van der Waals surface area (Å²) in [6.45, 7) is 8.27. The molecule has 0 radical (unpaired) electrons. The van der Waals surface area contributed by atoms with Gasteiger partial charge in [-0.1, -0.05) is 24.3 Å². The molecule has 0 saturated heterocycles. The molecule has 13 heavy (non-hydrogen) atoms. The van der Waals surface area contributed by atoms with Crippen LogP contribution in [0.5, 0.6) is 5.75 Å². The number of hydrogen-bond donors (Lipinski definition) is 0. The SMILES string of the molecule is C=Cc1cc(C)c(Cl)cc1OCC. The fraction of sp³-hybridized carbons (Fsp3) is 0.273. The van der Waals surface area contributed by atoms with E-state index in [1.165, 1.54) is 0 Å². The van der Waals surface area contributed by atoms with Gasteiger partial charge in [-0.05, 0) is 31.5 Å². The maximum atomic E-state index is 5.96. The van der Waals surface area contributed by atoms with Crippen LogP contribution >= 0.6 is 11.6 Å². The van der Waals surface area contributed by atoms with E-state index in [0.29, 0.717) is 6.61 Å². The predicted molar refractivity (Wildman–Crippen MR) is 57.4 cm³/mol. The lowest BCUT2D eigenvalue weighted by molar-refractivity contribution is 0.339. The maximum absolute atomic E-state index is 5.96. The Bertz CT molecular complexity index is 318. The van der Waals surface area contributed by atoms with Gasteiger partial charge in [-0.15, -0.1) is 0 Å². The summed E-state index contributed by atoms with van der Waals surface area (Å²) in [5, 5.41) is 0.731. The second-order valence-electron chi connectivity index (χ2n) is 2.78. The van der Waals surface area contributed by atoms with Crippen molar-refractivity contribution in [2.24, 2.45) is 0 Å². The lowest BCUT2D eigenvalue weighted by Gasteiger charge is -2.09. The normalized spacial score (nSPS) is 9.77. The van der Waals surface area contributed by atoms with Crippen LogP contribution in [0.1, 0.15) is 18.1 Å². The topological polar surface area (TPSA) is 9.23 Å². The molecular formula is C11H13ClO. The second kappa shape index (κ2) is 4.33. The molecule has 2 heteroatoms. The van der Waals surface area contributed by atoms with Crippen LogP contribution < -0.4 is 4.74 Å². The third-order valence-electron chi connectivity index (χ3n) is 1.81. The predicted octanol–water partition coefficient (Wildman–Crippen LogP) is 3.69. The summed E-state index contributed by atoms with van der Waals surface area (Å²) in [4.78, 5) is 0. The van der Waals surface area contributed by atoms with Crippen molar-refractivity contribution in [3.8, 4) is 5.75 Å². The number of hydrogen-bond acceptors (Lipinski definition) is 1. The molecule has 0 aliphatic heterocycles. The monoisotopic (exact) mass is 196 g/mol. The Morgan fingerprint density at radius 1 is 1.54 bits per heavy atom. The smallest absolute Gasteiger partial charge is 0.127 e.